The SMILES string of the molecule is Cc1cc2c(C)coc2cc1N. The van der Waals surface area contributed by atoms with Crippen molar-refractivity contribution in [3.8, 4) is 0 Å². The van der Waals surface area contributed by atoms with Crippen molar-refractivity contribution < 1.29 is 4.42 Å². The van der Waals surface area contributed by atoms with Crippen molar-refractivity contribution in [2.45, 2.75) is 13.8 Å². The van der Waals surface area contributed by atoms with Crippen LogP contribution in [0.4, 0.5) is 5.69 Å². The van der Waals surface area contributed by atoms with Gasteiger partial charge in [-0.1, -0.05) is 0 Å². The molecule has 0 saturated carbocycles. The van der Waals surface area contributed by atoms with Gasteiger partial charge in [0.1, 0.15) is 5.58 Å². The Kier molecular flexibility index (Phi) is 1.37. The Morgan fingerprint density at radius 2 is 1.92 bits per heavy atom. The lowest BCUT2D eigenvalue weighted by Gasteiger charge is -1.98. The Balaban J connectivity index is 2.87. The topological polar surface area (TPSA) is 39.2 Å². The zero-order valence-corrected chi connectivity index (χ0v) is 7.22. The van der Waals surface area contributed by atoms with Gasteiger partial charge >= 0.3 is 0 Å². The first-order valence-electron chi connectivity index (χ1n) is 3.92. The van der Waals surface area contributed by atoms with E-state index in [4.69, 9.17) is 10.2 Å². The summed E-state index contributed by atoms with van der Waals surface area (Å²) >= 11 is 0. The van der Waals surface area contributed by atoms with Crippen molar-refractivity contribution in [1.82, 2.24) is 0 Å². The van der Waals surface area contributed by atoms with E-state index in [-0.39, 0.29) is 0 Å². The van der Waals surface area contributed by atoms with Gasteiger partial charge in [-0.2, -0.15) is 0 Å². The standard InChI is InChI=1S/C10H11NO/c1-6-3-8-7(2)5-12-10(8)4-9(6)11/h3-5H,11H2,1-2H3. The second kappa shape index (κ2) is 2.27. The van der Waals surface area contributed by atoms with Crippen LogP contribution >= 0.6 is 0 Å². The fourth-order valence-corrected chi connectivity index (χ4v) is 1.32. The molecule has 1 aromatic heterocycles. The average molecular weight is 161 g/mol. The smallest absolute Gasteiger partial charge is 0.136 e. The molecular weight excluding hydrogens is 150 g/mol. The molecule has 0 bridgehead atoms. The minimum absolute atomic E-state index is 0.789. The summed E-state index contributed by atoms with van der Waals surface area (Å²) in [6.07, 6.45) is 1.75. The van der Waals surface area contributed by atoms with Crippen LogP contribution in [0, 0.1) is 13.8 Å². The largest absolute Gasteiger partial charge is 0.464 e. The third-order valence-corrected chi connectivity index (χ3v) is 2.16. The normalized spacial score (nSPS) is 10.8. The first-order chi connectivity index (χ1) is 5.68. The highest BCUT2D eigenvalue weighted by Gasteiger charge is 2.03. The molecule has 1 heterocycles. The number of benzene rings is 1. The molecule has 2 N–H and O–H groups in total. The molecule has 2 aromatic rings. The van der Waals surface area contributed by atoms with Gasteiger partial charge in [0.05, 0.1) is 6.26 Å². The predicted octanol–water partition coefficient (Wildman–Crippen LogP) is 2.63. The van der Waals surface area contributed by atoms with E-state index < -0.39 is 0 Å². The molecule has 12 heavy (non-hydrogen) atoms. The number of hydrogen-bond donors (Lipinski definition) is 1. The number of anilines is 1. The number of fused-ring (bicyclic) bond motifs is 1. The minimum Gasteiger partial charge on any atom is -0.464 e. The number of nitrogen functional groups attached to an aromatic ring is 1. The molecule has 0 spiro atoms. The molecule has 0 fully saturated rings. The van der Waals surface area contributed by atoms with Crippen LogP contribution in [0.1, 0.15) is 11.1 Å². The van der Waals surface area contributed by atoms with Gasteiger partial charge in [-0.3, -0.25) is 0 Å². The zero-order chi connectivity index (χ0) is 8.72. The third-order valence-electron chi connectivity index (χ3n) is 2.16. The van der Waals surface area contributed by atoms with E-state index in [1.165, 1.54) is 0 Å². The van der Waals surface area contributed by atoms with E-state index in [1.807, 2.05) is 19.9 Å². The molecule has 0 amide bonds. The van der Waals surface area contributed by atoms with E-state index in [2.05, 4.69) is 6.07 Å². The van der Waals surface area contributed by atoms with E-state index in [0.29, 0.717) is 0 Å². The van der Waals surface area contributed by atoms with Gasteiger partial charge < -0.3 is 10.2 Å². The van der Waals surface area contributed by atoms with Crippen molar-refractivity contribution in [3.63, 3.8) is 0 Å². The summed E-state index contributed by atoms with van der Waals surface area (Å²) in [7, 11) is 0. The summed E-state index contributed by atoms with van der Waals surface area (Å²) in [5.74, 6) is 0. The molecule has 62 valence electrons. The summed E-state index contributed by atoms with van der Waals surface area (Å²) in [5, 5.41) is 1.15. The molecule has 2 nitrogen and oxygen atoms in total. The second-order valence-electron chi connectivity index (χ2n) is 3.12. The molecule has 0 aliphatic rings. The number of hydrogen-bond acceptors (Lipinski definition) is 2. The highest BCUT2D eigenvalue weighted by molar-refractivity contribution is 5.85. The lowest BCUT2D eigenvalue weighted by molar-refractivity contribution is 0.613. The maximum Gasteiger partial charge on any atom is 0.136 e. The van der Waals surface area contributed by atoms with Crippen LogP contribution in [0.3, 0.4) is 0 Å². The van der Waals surface area contributed by atoms with E-state index in [0.717, 1.165) is 27.8 Å². The first kappa shape index (κ1) is 7.22. The number of furan rings is 1. The maximum atomic E-state index is 5.74. The summed E-state index contributed by atoms with van der Waals surface area (Å²) < 4.78 is 5.30. The molecular formula is C10H11NO. The Bertz CT molecular complexity index is 429. The summed E-state index contributed by atoms with van der Waals surface area (Å²) in [6, 6.07) is 3.93. The summed E-state index contributed by atoms with van der Waals surface area (Å²) in [6.45, 7) is 4.03. The zero-order valence-electron chi connectivity index (χ0n) is 7.22. The molecule has 0 aliphatic heterocycles. The third kappa shape index (κ3) is 0.881. The Morgan fingerprint density at radius 1 is 1.17 bits per heavy atom. The number of aryl methyl sites for hydroxylation is 2. The van der Waals surface area contributed by atoms with Gasteiger partial charge in [-0.05, 0) is 31.0 Å². The lowest BCUT2D eigenvalue weighted by Crippen LogP contribution is -1.87. The van der Waals surface area contributed by atoms with E-state index in [9.17, 15) is 0 Å². The van der Waals surface area contributed by atoms with Crippen molar-refractivity contribution in [2.24, 2.45) is 0 Å². The van der Waals surface area contributed by atoms with Crippen LogP contribution in [-0.4, -0.2) is 0 Å². The second-order valence-corrected chi connectivity index (χ2v) is 3.12. The van der Waals surface area contributed by atoms with Crippen molar-refractivity contribution in [1.29, 1.82) is 0 Å². The quantitative estimate of drug-likeness (QED) is 0.603. The number of nitrogens with two attached hydrogens (primary N) is 1. The van der Waals surface area contributed by atoms with Gasteiger partial charge in [0.25, 0.3) is 0 Å². The maximum absolute atomic E-state index is 5.74. The van der Waals surface area contributed by atoms with Gasteiger partial charge in [-0.25, -0.2) is 0 Å². The minimum atomic E-state index is 0.789. The monoisotopic (exact) mass is 161 g/mol. The molecule has 2 heteroatoms. The molecule has 1 aromatic carbocycles. The van der Waals surface area contributed by atoms with E-state index >= 15 is 0 Å². The lowest BCUT2D eigenvalue weighted by atomic mass is 10.1. The number of rotatable bonds is 0. The van der Waals surface area contributed by atoms with Gasteiger partial charge in [0.15, 0.2) is 0 Å². The average Bonchev–Trinajstić information content (AvgIpc) is 2.35. The summed E-state index contributed by atoms with van der Waals surface area (Å²) in [5.41, 5.74) is 9.66. The molecule has 0 unspecified atom stereocenters. The predicted molar refractivity (Wildman–Crippen MR) is 50.1 cm³/mol. The van der Waals surface area contributed by atoms with Crippen molar-refractivity contribution in [2.75, 3.05) is 5.73 Å². The van der Waals surface area contributed by atoms with Gasteiger partial charge in [0, 0.05) is 17.1 Å². The highest BCUT2D eigenvalue weighted by atomic mass is 16.3. The molecule has 0 radical (unpaired) electrons. The summed E-state index contributed by atoms with van der Waals surface area (Å²) in [4.78, 5) is 0. The van der Waals surface area contributed by atoms with Gasteiger partial charge in [0.2, 0.25) is 0 Å². The van der Waals surface area contributed by atoms with Crippen LogP contribution in [0.15, 0.2) is 22.8 Å². The molecule has 0 saturated heterocycles. The van der Waals surface area contributed by atoms with Crippen LogP contribution in [0.2, 0.25) is 0 Å². The van der Waals surface area contributed by atoms with Crippen LogP contribution in [0.5, 0.6) is 0 Å². The van der Waals surface area contributed by atoms with Crippen LogP contribution < -0.4 is 5.73 Å². The Labute approximate surface area is 71.0 Å². The van der Waals surface area contributed by atoms with Crippen molar-refractivity contribution >= 4 is 16.7 Å². The fourth-order valence-electron chi connectivity index (χ4n) is 1.32. The molecule has 0 aliphatic carbocycles. The molecule has 2 rings (SSSR count). The fraction of sp³-hybridized carbons (Fsp3) is 0.200. The molecule has 0 atom stereocenters. The van der Waals surface area contributed by atoms with E-state index in [1.54, 1.807) is 6.26 Å². The Hall–Kier alpha value is -1.44. The first-order valence-corrected chi connectivity index (χ1v) is 3.92. The van der Waals surface area contributed by atoms with Crippen LogP contribution in [0.25, 0.3) is 11.0 Å². The van der Waals surface area contributed by atoms with Crippen molar-refractivity contribution in [3.05, 3.63) is 29.5 Å². The highest BCUT2D eigenvalue weighted by Crippen LogP contribution is 2.25. The Morgan fingerprint density at radius 3 is 2.67 bits per heavy atom. The van der Waals surface area contributed by atoms with Gasteiger partial charge in [-0.15, -0.1) is 0 Å². The van der Waals surface area contributed by atoms with Crippen LogP contribution in [-0.2, 0) is 0 Å².